The van der Waals surface area contributed by atoms with Gasteiger partial charge in [0.25, 0.3) is 0 Å². The molecule has 2 aliphatic carbocycles. The highest BCUT2D eigenvalue weighted by molar-refractivity contribution is 5.79. The molecule has 2 fully saturated rings. The van der Waals surface area contributed by atoms with Gasteiger partial charge in [-0.15, -0.1) is 0 Å². The summed E-state index contributed by atoms with van der Waals surface area (Å²) in [6.07, 6.45) is 8.59. The molecule has 2 saturated carbocycles. The van der Waals surface area contributed by atoms with Gasteiger partial charge in [-0.25, -0.2) is 0 Å². The lowest BCUT2D eigenvalue weighted by Gasteiger charge is -2.18. The minimum Gasteiger partial charge on any atom is -0.353 e. The van der Waals surface area contributed by atoms with E-state index in [4.69, 9.17) is 0 Å². The van der Waals surface area contributed by atoms with Gasteiger partial charge in [-0.05, 0) is 31.6 Å². The zero-order valence-electron chi connectivity index (χ0n) is 9.09. The maximum Gasteiger partial charge on any atom is 0.223 e. The van der Waals surface area contributed by atoms with Crippen LogP contribution in [0.4, 0.5) is 0 Å². The smallest absolute Gasteiger partial charge is 0.223 e. The fraction of sp³-hybridized carbons (Fsp3) is 0.917. The standard InChI is InChI=1S/C12H21NO/c1-9-5-4-8-11(9)12(14)13-10-6-2-3-7-10/h9-11H,2-8H2,1H3,(H,13,14). The van der Waals surface area contributed by atoms with Crippen molar-refractivity contribution in [3.63, 3.8) is 0 Å². The summed E-state index contributed by atoms with van der Waals surface area (Å²) in [4.78, 5) is 11.9. The van der Waals surface area contributed by atoms with E-state index in [9.17, 15) is 4.79 Å². The lowest BCUT2D eigenvalue weighted by molar-refractivity contribution is -0.126. The molecule has 2 aliphatic rings. The SMILES string of the molecule is CC1CCCC1C(=O)NC1CCCC1. The third-order valence-electron chi connectivity index (χ3n) is 3.90. The summed E-state index contributed by atoms with van der Waals surface area (Å²) in [6.45, 7) is 2.21. The summed E-state index contributed by atoms with van der Waals surface area (Å²) in [7, 11) is 0. The Balaban J connectivity index is 1.82. The second-order valence-electron chi connectivity index (χ2n) is 5.00. The number of amides is 1. The largest absolute Gasteiger partial charge is 0.353 e. The lowest BCUT2D eigenvalue weighted by atomic mass is 9.97. The van der Waals surface area contributed by atoms with Crippen LogP contribution in [0.3, 0.4) is 0 Å². The molecule has 2 rings (SSSR count). The molecule has 0 bridgehead atoms. The molecule has 0 saturated heterocycles. The Morgan fingerprint density at radius 3 is 2.36 bits per heavy atom. The highest BCUT2D eigenvalue weighted by Crippen LogP contribution is 2.31. The minimum absolute atomic E-state index is 0.315. The van der Waals surface area contributed by atoms with Crippen LogP contribution in [-0.2, 0) is 4.79 Å². The first-order valence-corrected chi connectivity index (χ1v) is 6.08. The van der Waals surface area contributed by atoms with Crippen molar-refractivity contribution in [3.8, 4) is 0 Å². The molecular weight excluding hydrogens is 174 g/mol. The van der Waals surface area contributed by atoms with Crippen LogP contribution in [-0.4, -0.2) is 11.9 Å². The van der Waals surface area contributed by atoms with E-state index in [1.165, 1.54) is 38.5 Å². The van der Waals surface area contributed by atoms with E-state index >= 15 is 0 Å². The zero-order valence-corrected chi connectivity index (χ0v) is 9.09. The fourth-order valence-corrected chi connectivity index (χ4v) is 2.91. The molecule has 2 heteroatoms. The van der Waals surface area contributed by atoms with Crippen molar-refractivity contribution in [2.75, 3.05) is 0 Å². The van der Waals surface area contributed by atoms with E-state index in [2.05, 4.69) is 12.2 Å². The quantitative estimate of drug-likeness (QED) is 0.720. The Kier molecular flexibility index (Phi) is 3.09. The normalized spacial score (nSPS) is 33.5. The third-order valence-corrected chi connectivity index (χ3v) is 3.90. The predicted octanol–water partition coefficient (Wildman–Crippen LogP) is 2.48. The van der Waals surface area contributed by atoms with Crippen LogP contribution in [0, 0.1) is 11.8 Å². The maximum absolute atomic E-state index is 11.9. The summed E-state index contributed by atoms with van der Waals surface area (Å²) in [6, 6.07) is 0.496. The van der Waals surface area contributed by atoms with Crippen molar-refractivity contribution in [1.82, 2.24) is 5.32 Å². The van der Waals surface area contributed by atoms with Crippen LogP contribution in [0.1, 0.15) is 51.9 Å². The molecule has 0 aromatic heterocycles. The first-order valence-electron chi connectivity index (χ1n) is 6.08. The molecule has 2 atom stereocenters. The number of hydrogen-bond donors (Lipinski definition) is 1. The molecule has 0 aliphatic heterocycles. The molecule has 1 amide bonds. The van der Waals surface area contributed by atoms with Crippen molar-refractivity contribution in [3.05, 3.63) is 0 Å². The number of hydrogen-bond acceptors (Lipinski definition) is 1. The maximum atomic E-state index is 11.9. The second-order valence-corrected chi connectivity index (χ2v) is 5.00. The molecule has 14 heavy (non-hydrogen) atoms. The Morgan fingerprint density at radius 1 is 1.07 bits per heavy atom. The van der Waals surface area contributed by atoms with E-state index in [-0.39, 0.29) is 0 Å². The van der Waals surface area contributed by atoms with Gasteiger partial charge in [0.15, 0.2) is 0 Å². The van der Waals surface area contributed by atoms with Crippen LogP contribution in [0.25, 0.3) is 0 Å². The van der Waals surface area contributed by atoms with Crippen molar-refractivity contribution in [1.29, 1.82) is 0 Å². The van der Waals surface area contributed by atoms with E-state index in [0.29, 0.717) is 23.8 Å². The van der Waals surface area contributed by atoms with Crippen molar-refractivity contribution in [2.45, 2.75) is 57.9 Å². The van der Waals surface area contributed by atoms with Gasteiger partial charge in [0.1, 0.15) is 0 Å². The van der Waals surface area contributed by atoms with Crippen molar-refractivity contribution in [2.24, 2.45) is 11.8 Å². The second kappa shape index (κ2) is 4.33. The third kappa shape index (κ3) is 2.10. The molecule has 0 aromatic carbocycles. The Labute approximate surface area is 86.5 Å². The van der Waals surface area contributed by atoms with Crippen LogP contribution in [0.5, 0.6) is 0 Å². The predicted molar refractivity (Wildman–Crippen MR) is 56.9 cm³/mol. The van der Waals surface area contributed by atoms with Crippen LogP contribution < -0.4 is 5.32 Å². The highest BCUT2D eigenvalue weighted by atomic mass is 16.2. The monoisotopic (exact) mass is 195 g/mol. The van der Waals surface area contributed by atoms with E-state index in [1.807, 2.05) is 0 Å². The van der Waals surface area contributed by atoms with Gasteiger partial charge >= 0.3 is 0 Å². The van der Waals surface area contributed by atoms with Gasteiger partial charge < -0.3 is 5.32 Å². The number of rotatable bonds is 2. The first-order chi connectivity index (χ1) is 6.77. The molecule has 2 unspecified atom stereocenters. The summed E-state index contributed by atoms with van der Waals surface area (Å²) in [5.74, 6) is 1.26. The molecule has 2 nitrogen and oxygen atoms in total. The van der Waals surface area contributed by atoms with Crippen LogP contribution in [0.15, 0.2) is 0 Å². The van der Waals surface area contributed by atoms with Gasteiger partial charge in [-0.3, -0.25) is 4.79 Å². The number of carbonyl (C=O) groups excluding carboxylic acids is 1. The molecule has 0 heterocycles. The number of carbonyl (C=O) groups is 1. The summed E-state index contributed by atoms with van der Waals surface area (Å²) in [5.41, 5.74) is 0. The summed E-state index contributed by atoms with van der Waals surface area (Å²) in [5, 5.41) is 3.21. The van der Waals surface area contributed by atoms with Gasteiger partial charge in [-0.1, -0.05) is 26.2 Å². The highest BCUT2D eigenvalue weighted by Gasteiger charge is 2.31. The van der Waals surface area contributed by atoms with Gasteiger partial charge in [0, 0.05) is 12.0 Å². The summed E-state index contributed by atoms with van der Waals surface area (Å²) >= 11 is 0. The van der Waals surface area contributed by atoms with E-state index in [0.717, 1.165) is 6.42 Å². The molecular formula is C12H21NO. The Morgan fingerprint density at radius 2 is 1.79 bits per heavy atom. The van der Waals surface area contributed by atoms with Crippen LogP contribution in [0.2, 0.25) is 0 Å². The van der Waals surface area contributed by atoms with Crippen LogP contribution >= 0.6 is 0 Å². The van der Waals surface area contributed by atoms with E-state index in [1.54, 1.807) is 0 Å². The topological polar surface area (TPSA) is 29.1 Å². The Bertz CT molecular complexity index is 208. The molecule has 1 N–H and O–H groups in total. The number of nitrogens with one attached hydrogen (secondary N) is 1. The van der Waals surface area contributed by atoms with Gasteiger partial charge in [0.2, 0.25) is 5.91 Å². The first kappa shape index (κ1) is 10.0. The molecule has 0 spiro atoms. The van der Waals surface area contributed by atoms with Gasteiger partial charge in [0.05, 0.1) is 0 Å². The average molecular weight is 195 g/mol. The van der Waals surface area contributed by atoms with Crippen molar-refractivity contribution < 1.29 is 4.79 Å². The Hall–Kier alpha value is -0.530. The van der Waals surface area contributed by atoms with E-state index < -0.39 is 0 Å². The minimum atomic E-state index is 0.315. The molecule has 0 radical (unpaired) electrons. The zero-order chi connectivity index (χ0) is 9.97. The molecule has 80 valence electrons. The van der Waals surface area contributed by atoms with Gasteiger partial charge in [-0.2, -0.15) is 0 Å². The fourth-order valence-electron chi connectivity index (χ4n) is 2.91. The summed E-state index contributed by atoms with van der Waals surface area (Å²) < 4.78 is 0. The lowest BCUT2D eigenvalue weighted by Crippen LogP contribution is -2.38. The molecule has 0 aromatic rings. The average Bonchev–Trinajstić information content (AvgIpc) is 2.75. The van der Waals surface area contributed by atoms with Crippen molar-refractivity contribution >= 4 is 5.91 Å².